The van der Waals surface area contributed by atoms with Crippen molar-refractivity contribution in [1.82, 2.24) is 19.1 Å². The Hall–Kier alpha value is -1.85. The molecule has 0 bridgehead atoms. The maximum Gasteiger partial charge on any atom is 0.332 e. The van der Waals surface area contributed by atoms with E-state index in [2.05, 4.69) is 23.8 Å². The number of aromatic nitrogens is 4. The summed E-state index contributed by atoms with van der Waals surface area (Å²) >= 11 is 0. The first kappa shape index (κ1) is 16.5. The van der Waals surface area contributed by atoms with Gasteiger partial charge in [-0.1, -0.05) is 27.7 Å². The fourth-order valence-corrected chi connectivity index (χ4v) is 2.90. The predicted octanol–water partition coefficient (Wildman–Crippen LogP) is 2.61. The lowest BCUT2D eigenvalue weighted by molar-refractivity contribution is 0.555. The summed E-state index contributed by atoms with van der Waals surface area (Å²) in [4.78, 5) is 32.9. The highest BCUT2D eigenvalue weighted by atomic mass is 16.2. The van der Waals surface area contributed by atoms with Gasteiger partial charge in [0.1, 0.15) is 11.3 Å². The van der Waals surface area contributed by atoms with Crippen LogP contribution in [0.3, 0.4) is 0 Å². The summed E-state index contributed by atoms with van der Waals surface area (Å²) in [6.07, 6.45) is 3.49. The van der Waals surface area contributed by atoms with Crippen LogP contribution in [0.15, 0.2) is 9.59 Å². The molecular weight excluding hydrogens is 280 g/mol. The zero-order chi connectivity index (χ0) is 16.3. The molecule has 2 rings (SSSR count). The van der Waals surface area contributed by atoms with E-state index in [0.717, 1.165) is 31.5 Å². The number of fused-ring (bicyclic) bond motifs is 1. The quantitative estimate of drug-likeness (QED) is 0.854. The van der Waals surface area contributed by atoms with Gasteiger partial charge < -0.3 is 4.98 Å². The molecule has 22 heavy (non-hydrogen) atoms. The number of nitrogens with one attached hydrogen (secondary N) is 1. The molecule has 2 aromatic rings. The van der Waals surface area contributed by atoms with Crippen LogP contribution >= 0.6 is 0 Å². The van der Waals surface area contributed by atoms with E-state index in [-0.39, 0.29) is 17.2 Å². The van der Waals surface area contributed by atoms with Gasteiger partial charge in [-0.25, -0.2) is 9.78 Å². The van der Waals surface area contributed by atoms with Gasteiger partial charge in [-0.15, -0.1) is 0 Å². The molecule has 0 aliphatic heterocycles. The molecule has 122 valence electrons. The van der Waals surface area contributed by atoms with Crippen molar-refractivity contribution in [1.29, 1.82) is 0 Å². The van der Waals surface area contributed by atoms with Crippen LogP contribution in [0, 0.1) is 0 Å². The average Bonchev–Trinajstić information content (AvgIpc) is 2.94. The summed E-state index contributed by atoms with van der Waals surface area (Å²) in [7, 11) is 0. The van der Waals surface area contributed by atoms with Crippen LogP contribution < -0.4 is 11.2 Å². The molecule has 0 radical (unpaired) electrons. The second kappa shape index (κ2) is 6.94. The number of aryl methyl sites for hydroxylation is 1. The van der Waals surface area contributed by atoms with Crippen LogP contribution in [-0.2, 0) is 13.1 Å². The minimum atomic E-state index is -0.251. The smallest absolute Gasteiger partial charge is 0.332 e. The van der Waals surface area contributed by atoms with Crippen LogP contribution in [0.5, 0.6) is 0 Å². The summed E-state index contributed by atoms with van der Waals surface area (Å²) < 4.78 is 2.96. The molecule has 2 aromatic heterocycles. The average molecular weight is 306 g/mol. The Morgan fingerprint density at radius 1 is 1.00 bits per heavy atom. The standard InChI is InChI=1S/C16H26N4O2/c1-5-9-19-14-12(15(21)20(10-6-2)16(19)22)17-13(18-14)11(7-3)8-4/h11H,5-10H2,1-4H3,(H,17,18). The Labute approximate surface area is 130 Å². The number of aromatic amines is 1. The Balaban J connectivity index is 2.77. The lowest BCUT2D eigenvalue weighted by Gasteiger charge is -2.09. The lowest BCUT2D eigenvalue weighted by atomic mass is 10.0. The second-order valence-corrected chi connectivity index (χ2v) is 5.73. The van der Waals surface area contributed by atoms with Crippen molar-refractivity contribution < 1.29 is 0 Å². The van der Waals surface area contributed by atoms with Crippen molar-refractivity contribution in [2.24, 2.45) is 0 Å². The van der Waals surface area contributed by atoms with Gasteiger partial charge in [-0.2, -0.15) is 0 Å². The molecule has 0 amide bonds. The van der Waals surface area contributed by atoms with Crippen molar-refractivity contribution >= 4 is 11.2 Å². The molecule has 0 saturated heterocycles. The number of H-pyrrole nitrogens is 1. The van der Waals surface area contributed by atoms with Gasteiger partial charge in [0.25, 0.3) is 5.56 Å². The molecule has 0 spiro atoms. The number of nitrogens with zero attached hydrogens (tertiary/aromatic N) is 3. The van der Waals surface area contributed by atoms with Crippen molar-refractivity contribution in [3.63, 3.8) is 0 Å². The Bertz CT molecular complexity index is 750. The third-order valence-electron chi connectivity index (χ3n) is 4.15. The topological polar surface area (TPSA) is 72.7 Å². The van der Waals surface area contributed by atoms with Crippen LogP contribution in [0.1, 0.15) is 65.1 Å². The van der Waals surface area contributed by atoms with E-state index in [4.69, 9.17) is 0 Å². The minimum absolute atomic E-state index is 0.246. The van der Waals surface area contributed by atoms with E-state index < -0.39 is 0 Å². The second-order valence-electron chi connectivity index (χ2n) is 5.73. The van der Waals surface area contributed by atoms with Gasteiger partial charge in [-0.3, -0.25) is 13.9 Å². The van der Waals surface area contributed by atoms with E-state index in [1.807, 2.05) is 13.8 Å². The normalized spacial score (nSPS) is 11.7. The molecule has 0 aliphatic carbocycles. The fourth-order valence-electron chi connectivity index (χ4n) is 2.90. The zero-order valence-electron chi connectivity index (χ0n) is 14.0. The van der Waals surface area contributed by atoms with Gasteiger partial charge in [0.2, 0.25) is 0 Å². The van der Waals surface area contributed by atoms with E-state index >= 15 is 0 Å². The SMILES string of the molecule is CCCn1c(=O)c2[nH]c(C(CC)CC)nc2n(CCC)c1=O. The van der Waals surface area contributed by atoms with Gasteiger partial charge in [0.05, 0.1) is 0 Å². The van der Waals surface area contributed by atoms with Crippen molar-refractivity contribution in [2.75, 3.05) is 0 Å². The third-order valence-corrected chi connectivity index (χ3v) is 4.15. The van der Waals surface area contributed by atoms with Crippen molar-refractivity contribution in [3.05, 3.63) is 26.7 Å². The number of imidazole rings is 1. The van der Waals surface area contributed by atoms with Crippen LogP contribution in [-0.4, -0.2) is 19.1 Å². The van der Waals surface area contributed by atoms with Gasteiger partial charge in [0, 0.05) is 19.0 Å². The number of rotatable bonds is 7. The maximum atomic E-state index is 12.6. The van der Waals surface area contributed by atoms with E-state index in [0.29, 0.717) is 24.3 Å². The first-order valence-electron chi connectivity index (χ1n) is 8.32. The Morgan fingerprint density at radius 2 is 1.59 bits per heavy atom. The summed E-state index contributed by atoms with van der Waals surface area (Å²) in [5.74, 6) is 1.10. The molecule has 6 heteroatoms. The molecule has 0 saturated carbocycles. The molecule has 0 aromatic carbocycles. The lowest BCUT2D eigenvalue weighted by Crippen LogP contribution is -2.40. The summed E-state index contributed by atoms with van der Waals surface area (Å²) in [6, 6.07) is 0. The molecule has 0 atom stereocenters. The first-order chi connectivity index (χ1) is 10.6. The molecule has 0 unspecified atom stereocenters. The van der Waals surface area contributed by atoms with Crippen LogP contribution in [0.2, 0.25) is 0 Å². The highest BCUT2D eigenvalue weighted by molar-refractivity contribution is 5.70. The Kier molecular flexibility index (Phi) is 5.21. The summed E-state index contributed by atoms with van der Waals surface area (Å²) in [6.45, 7) is 9.21. The molecular formula is C16H26N4O2. The molecule has 0 fully saturated rings. The van der Waals surface area contributed by atoms with E-state index in [1.165, 1.54) is 4.57 Å². The van der Waals surface area contributed by atoms with Gasteiger partial charge in [0.15, 0.2) is 5.65 Å². The number of hydrogen-bond acceptors (Lipinski definition) is 3. The predicted molar refractivity (Wildman–Crippen MR) is 88.5 cm³/mol. The van der Waals surface area contributed by atoms with Crippen molar-refractivity contribution in [2.45, 2.75) is 72.4 Å². The van der Waals surface area contributed by atoms with E-state index in [9.17, 15) is 9.59 Å². The van der Waals surface area contributed by atoms with Gasteiger partial charge >= 0.3 is 5.69 Å². The summed E-state index contributed by atoms with van der Waals surface area (Å²) in [5.41, 5.74) is 0.470. The van der Waals surface area contributed by atoms with E-state index in [1.54, 1.807) is 4.57 Å². The fraction of sp³-hybridized carbons (Fsp3) is 0.688. The highest BCUT2D eigenvalue weighted by Gasteiger charge is 2.19. The monoisotopic (exact) mass is 306 g/mol. The van der Waals surface area contributed by atoms with Gasteiger partial charge in [-0.05, 0) is 25.7 Å². The number of hydrogen-bond donors (Lipinski definition) is 1. The molecule has 1 N–H and O–H groups in total. The molecule has 0 aliphatic rings. The van der Waals surface area contributed by atoms with Crippen LogP contribution in [0.4, 0.5) is 0 Å². The Morgan fingerprint density at radius 3 is 2.14 bits per heavy atom. The highest BCUT2D eigenvalue weighted by Crippen LogP contribution is 2.21. The largest absolute Gasteiger partial charge is 0.336 e. The summed E-state index contributed by atoms with van der Waals surface area (Å²) in [5, 5.41) is 0. The third kappa shape index (κ3) is 2.74. The molecule has 6 nitrogen and oxygen atoms in total. The van der Waals surface area contributed by atoms with Crippen LogP contribution in [0.25, 0.3) is 11.2 Å². The molecule has 2 heterocycles. The maximum absolute atomic E-state index is 12.6. The van der Waals surface area contributed by atoms with Crippen molar-refractivity contribution in [3.8, 4) is 0 Å². The first-order valence-corrected chi connectivity index (χ1v) is 8.32. The minimum Gasteiger partial charge on any atom is -0.336 e. The zero-order valence-corrected chi connectivity index (χ0v) is 14.0.